The molecule has 0 spiro atoms. The van der Waals surface area contributed by atoms with Crippen molar-refractivity contribution in [3.63, 3.8) is 0 Å². The number of rotatable bonds is 5. The molecule has 1 fully saturated rings. The second kappa shape index (κ2) is 6.27. The Kier molecular flexibility index (Phi) is 4.98. The number of aliphatic hydroxyl groups excluding tert-OH is 1. The van der Waals surface area contributed by atoms with Crippen LogP contribution in [0.1, 0.15) is 19.3 Å². The minimum Gasteiger partial charge on any atom is -0.396 e. The number of hydrogen-bond donors (Lipinski definition) is 2. The second-order valence-corrected chi connectivity index (χ2v) is 4.12. The van der Waals surface area contributed by atoms with Crippen molar-refractivity contribution in [3.05, 3.63) is 12.3 Å². The zero-order valence-electron chi connectivity index (χ0n) is 9.43. The summed E-state index contributed by atoms with van der Waals surface area (Å²) in [4.78, 5) is 22.9. The van der Waals surface area contributed by atoms with Gasteiger partial charge in [-0.1, -0.05) is 0 Å². The van der Waals surface area contributed by atoms with Crippen LogP contribution in [-0.4, -0.2) is 42.0 Å². The van der Waals surface area contributed by atoms with E-state index < -0.39 is 5.91 Å². The zero-order valence-corrected chi connectivity index (χ0v) is 9.43. The Bertz CT molecular complexity index is 278. The van der Waals surface area contributed by atoms with Gasteiger partial charge >= 0.3 is 0 Å². The van der Waals surface area contributed by atoms with Crippen molar-refractivity contribution in [1.82, 2.24) is 10.2 Å². The Labute approximate surface area is 95.1 Å². The number of hydrogen-bond acceptors (Lipinski definition) is 4. The topological polar surface area (TPSA) is 69.6 Å². The smallest absolute Gasteiger partial charge is 0.251 e. The highest BCUT2D eigenvalue weighted by molar-refractivity contribution is 5.94. The van der Waals surface area contributed by atoms with Crippen LogP contribution in [0.2, 0.25) is 0 Å². The first-order chi connectivity index (χ1) is 7.67. The molecule has 5 heteroatoms. The van der Waals surface area contributed by atoms with Crippen LogP contribution in [0.5, 0.6) is 0 Å². The number of carbonyl (C=O) groups is 2. The molecule has 0 radical (unpaired) electrons. The van der Waals surface area contributed by atoms with Gasteiger partial charge < -0.3 is 10.0 Å². The van der Waals surface area contributed by atoms with Gasteiger partial charge in [0.2, 0.25) is 6.41 Å². The van der Waals surface area contributed by atoms with E-state index in [0.29, 0.717) is 18.4 Å². The summed E-state index contributed by atoms with van der Waals surface area (Å²) in [6.07, 6.45) is 6.38. The fourth-order valence-electron chi connectivity index (χ4n) is 2.00. The molecule has 2 unspecified atom stereocenters. The Balaban J connectivity index is 2.37. The summed E-state index contributed by atoms with van der Waals surface area (Å²) < 4.78 is 0. The first-order valence-electron chi connectivity index (χ1n) is 5.42. The molecule has 90 valence electrons. The zero-order chi connectivity index (χ0) is 12.0. The molecule has 2 atom stereocenters. The highest BCUT2D eigenvalue weighted by Crippen LogP contribution is 2.28. The lowest BCUT2D eigenvalue weighted by molar-refractivity contribution is -0.121. The van der Waals surface area contributed by atoms with E-state index in [-0.39, 0.29) is 6.61 Å². The molecule has 0 bridgehead atoms. The van der Waals surface area contributed by atoms with Crippen molar-refractivity contribution in [1.29, 1.82) is 0 Å². The highest BCUT2D eigenvalue weighted by atomic mass is 16.3. The van der Waals surface area contributed by atoms with Gasteiger partial charge in [0.25, 0.3) is 5.91 Å². The van der Waals surface area contributed by atoms with E-state index in [1.54, 1.807) is 6.20 Å². The average Bonchev–Trinajstić information content (AvgIpc) is 2.75. The summed E-state index contributed by atoms with van der Waals surface area (Å²) in [7, 11) is 1.90. The first kappa shape index (κ1) is 12.7. The van der Waals surface area contributed by atoms with Crippen molar-refractivity contribution >= 4 is 12.3 Å². The molecule has 16 heavy (non-hydrogen) atoms. The van der Waals surface area contributed by atoms with Gasteiger partial charge in [-0.15, -0.1) is 0 Å². The van der Waals surface area contributed by atoms with E-state index >= 15 is 0 Å². The fourth-order valence-corrected chi connectivity index (χ4v) is 2.00. The molecule has 2 N–H and O–H groups in total. The predicted octanol–water partition coefficient (Wildman–Crippen LogP) is -0.135. The molecule has 0 aliphatic heterocycles. The van der Waals surface area contributed by atoms with Gasteiger partial charge in [0.15, 0.2) is 0 Å². The summed E-state index contributed by atoms with van der Waals surface area (Å²) in [5.74, 6) is -0.0387. The molecule has 1 aliphatic rings. The fraction of sp³-hybridized carbons (Fsp3) is 0.636. The quantitative estimate of drug-likeness (QED) is 0.506. The van der Waals surface area contributed by atoms with E-state index in [2.05, 4.69) is 0 Å². The second-order valence-electron chi connectivity index (χ2n) is 4.12. The third kappa shape index (κ3) is 3.66. The third-order valence-electron chi connectivity index (χ3n) is 3.01. The lowest BCUT2D eigenvalue weighted by Crippen LogP contribution is -2.26. The third-order valence-corrected chi connectivity index (χ3v) is 3.01. The molecular weight excluding hydrogens is 208 g/mol. The first-order valence-corrected chi connectivity index (χ1v) is 5.42. The number of nitrogens with zero attached hydrogens (tertiary/aromatic N) is 1. The Morgan fingerprint density at radius 1 is 1.56 bits per heavy atom. The molecule has 1 aliphatic carbocycles. The normalized spacial score (nSPS) is 24.6. The molecular formula is C11H18N2O3. The Morgan fingerprint density at radius 3 is 2.88 bits per heavy atom. The summed E-state index contributed by atoms with van der Waals surface area (Å²) in [6, 6.07) is 0.373. The summed E-state index contributed by atoms with van der Waals surface area (Å²) in [5, 5.41) is 11.1. The average molecular weight is 226 g/mol. The summed E-state index contributed by atoms with van der Waals surface area (Å²) in [6.45, 7) is 0.236. The monoisotopic (exact) mass is 226 g/mol. The molecule has 1 saturated carbocycles. The van der Waals surface area contributed by atoms with Crippen LogP contribution >= 0.6 is 0 Å². The number of imide groups is 1. The molecule has 0 aromatic carbocycles. The van der Waals surface area contributed by atoms with Crippen molar-refractivity contribution in [2.45, 2.75) is 25.3 Å². The molecule has 0 saturated heterocycles. The minimum atomic E-state index is -0.418. The lowest BCUT2D eigenvalue weighted by Gasteiger charge is -2.22. The standard InChI is InChI=1S/C11H18N2O3/c1-13(5-4-11(16)12-8-15)10-3-2-9(6-10)7-14/h4-5,8-10,14H,2-3,6-7H2,1H3,(H,12,15,16)/b5-4-. The SMILES string of the molecule is CN(/C=C\C(=O)NC=O)C1CCC(CO)C1. The number of nitrogens with one attached hydrogen (secondary N) is 1. The molecule has 5 nitrogen and oxygen atoms in total. The van der Waals surface area contributed by atoms with E-state index in [0.717, 1.165) is 19.3 Å². The van der Waals surface area contributed by atoms with E-state index in [1.807, 2.05) is 17.3 Å². The highest BCUT2D eigenvalue weighted by Gasteiger charge is 2.25. The van der Waals surface area contributed by atoms with E-state index in [9.17, 15) is 9.59 Å². The van der Waals surface area contributed by atoms with Crippen LogP contribution in [0.4, 0.5) is 0 Å². The number of aliphatic hydroxyl groups is 1. The number of amides is 2. The summed E-state index contributed by atoms with van der Waals surface area (Å²) in [5.41, 5.74) is 0. The van der Waals surface area contributed by atoms with Gasteiger partial charge in [0, 0.05) is 32.0 Å². The van der Waals surface area contributed by atoms with Crippen LogP contribution in [0.15, 0.2) is 12.3 Å². The van der Waals surface area contributed by atoms with Gasteiger partial charge in [0.1, 0.15) is 0 Å². The van der Waals surface area contributed by atoms with Crippen molar-refractivity contribution in [2.75, 3.05) is 13.7 Å². The maximum Gasteiger partial charge on any atom is 0.251 e. The molecule has 0 aromatic rings. The van der Waals surface area contributed by atoms with Crippen LogP contribution in [-0.2, 0) is 9.59 Å². The van der Waals surface area contributed by atoms with Crippen molar-refractivity contribution in [2.24, 2.45) is 5.92 Å². The van der Waals surface area contributed by atoms with Gasteiger partial charge in [-0.25, -0.2) is 0 Å². The molecule has 0 aromatic heterocycles. The van der Waals surface area contributed by atoms with Gasteiger partial charge in [-0.2, -0.15) is 0 Å². The van der Waals surface area contributed by atoms with Crippen LogP contribution in [0, 0.1) is 5.92 Å². The molecule has 1 rings (SSSR count). The summed E-state index contributed by atoms with van der Waals surface area (Å²) >= 11 is 0. The largest absolute Gasteiger partial charge is 0.396 e. The Hall–Kier alpha value is -1.36. The van der Waals surface area contributed by atoms with Gasteiger partial charge in [0.05, 0.1) is 0 Å². The predicted molar refractivity (Wildman–Crippen MR) is 59.3 cm³/mol. The molecule has 0 heterocycles. The number of carbonyl (C=O) groups excluding carboxylic acids is 2. The maximum absolute atomic E-state index is 11.0. The maximum atomic E-state index is 11.0. The van der Waals surface area contributed by atoms with Gasteiger partial charge in [-0.05, 0) is 25.2 Å². The van der Waals surface area contributed by atoms with Crippen LogP contribution in [0.25, 0.3) is 0 Å². The van der Waals surface area contributed by atoms with Crippen LogP contribution in [0.3, 0.4) is 0 Å². The minimum absolute atomic E-state index is 0.236. The van der Waals surface area contributed by atoms with E-state index in [1.165, 1.54) is 6.08 Å². The van der Waals surface area contributed by atoms with Crippen LogP contribution < -0.4 is 5.32 Å². The Morgan fingerprint density at radius 2 is 2.31 bits per heavy atom. The van der Waals surface area contributed by atoms with Crippen molar-refractivity contribution in [3.8, 4) is 0 Å². The van der Waals surface area contributed by atoms with Crippen molar-refractivity contribution < 1.29 is 14.7 Å². The van der Waals surface area contributed by atoms with E-state index in [4.69, 9.17) is 5.11 Å². The molecule has 2 amide bonds. The lowest BCUT2D eigenvalue weighted by atomic mass is 10.1. The van der Waals surface area contributed by atoms with Gasteiger partial charge in [-0.3, -0.25) is 14.9 Å².